The second-order valence-electron chi connectivity index (χ2n) is 5.08. The molecule has 0 saturated heterocycles. The van der Waals surface area contributed by atoms with E-state index in [1.54, 1.807) is 0 Å². The van der Waals surface area contributed by atoms with Crippen molar-refractivity contribution in [2.75, 3.05) is 0 Å². The molecular formula is C15H16O3. The Hall–Kier alpha value is -1.61. The van der Waals surface area contributed by atoms with Crippen LogP contribution in [-0.2, 0) is 21.7 Å². The van der Waals surface area contributed by atoms with E-state index < -0.39 is 5.97 Å². The van der Waals surface area contributed by atoms with Gasteiger partial charge in [0.1, 0.15) is 0 Å². The number of hydrogen-bond acceptors (Lipinski definition) is 2. The van der Waals surface area contributed by atoms with Gasteiger partial charge in [0.15, 0.2) is 0 Å². The molecule has 2 aliphatic rings. The van der Waals surface area contributed by atoms with Gasteiger partial charge in [0.25, 0.3) is 0 Å². The molecule has 3 rings (SSSR count). The number of allylic oxidation sites excluding steroid dienone is 1. The zero-order valence-corrected chi connectivity index (χ0v) is 10.2. The highest BCUT2D eigenvalue weighted by molar-refractivity contribution is 5.80. The third-order valence-electron chi connectivity index (χ3n) is 4.04. The first kappa shape index (κ1) is 11.5. The molecule has 1 saturated carbocycles. The second kappa shape index (κ2) is 4.25. The van der Waals surface area contributed by atoms with Crippen molar-refractivity contribution >= 4 is 5.97 Å². The fourth-order valence-electron chi connectivity index (χ4n) is 3.09. The lowest BCUT2D eigenvalue weighted by molar-refractivity contribution is -0.131. The van der Waals surface area contributed by atoms with Gasteiger partial charge >= 0.3 is 5.97 Å². The van der Waals surface area contributed by atoms with Crippen molar-refractivity contribution in [1.29, 1.82) is 0 Å². The minimum absolute atomic E-state index is 0.160. The van der Waals surface area contributed by atoms with Gasteiger partial charge in [0, 0.05) is 6.08 Å². The van der Waals surface area contributed by atoms with E-state index in [2.05, 4.69) is 18.2 Å². The van der Waals surface area contributed by atoms with Crippen LogP contribution >= 0.6 is 0 Å². The normalized spacial score (nSPS) is 26.1. The molecule has 94 valence electrons. The molecule has 1 aliphatic heterocycles. The van der Waals surface area contributed by atoms with Gasteiger partial charge in [0.05, 0.1) is 12.2 Å². The van der Waals surface area contributed by atoms with Gasteiger partial charge in [-0.15, -0.1) is 0 Å². The Morgan fingerprint density at radius 1 is 1.28 bits per heavy atom. The third kappa shape index (κ3) is 1.85. The number of carboxylic acids is 1. The summed E-state index contributed by atoms with van der Waals surface area (Å²) in [5.41, 5.74) is 3.45. The molecule has 1 aromatic carbocycles. The standard InChI is InChI=1S/C15H16O3/c16-14(17)9-11-5-7-15(8-6-11)13-4-2-1-3-12(13)10-18-15/h1-4,9H,5-8,10H2,(H,16,17). The number of ether oxygens (including phenoxy) is 1. The SMILES string of the molecule is O=C(O)C=C1CCC2(CC1)OCc1ccccc12. The van der Waals surface area contributed by atoms with E-state index in [1.807, 2.05) is 6.07 Å². The molecule has 1 fully saturated rings. The lowest BCUT2D eigenvalue weighted by atomic mass is 9.77. The summed E-state index contributed by atoms with van der Waals surface area (Å²) in [5, 5.41) is 8.77. The molecule has 0 atom stereocenters. The fourth-order valence-corrected chi connectivity index (χ4v) is 3.09. The molecule has 1 aromatic rings. The molecule has 18 heavy (non-hydrogen) atoms. The Balaban J connectivity index is 1.83. The van der Waals surface area contributed by atoms with Crippen molar-refractivity contribution in [1.82, 2.24) is 0 Å². The number of carbonyl (C=O) groups is 1. The Labute approximate surface area is 106 Å². The molecule has 1 spiro atoms. The summed E-state index contributed by atoms with van der Waals surface area (Å²) in [7, 11) is 0. The summed E-state index contributed by atoms with van der Waals surface area (Å²) in [4.78, 5) is 10.7. The Kier molecular flexibility index (Phi) is 2.71. The van der Waals surface area contributed by atoms with Crippen LogP contribution < -0.4 is 0 Å². The first-order chi connectivity index (χ1) is 8.70. The van der Waals surface area contributed by atoms with Crippen molar-refractivity contribution in [3.63, 3.8) is 0 Å². The largest absolute Gasteiger partial charge is 0.478 e. The molecular weight excluding hydrogens is 228 g/mol. The summed E-state index contributed by atoms with van der Waals surface area (Å²) in [6.07, 6.45) is 4.78. The monoisotopic (exact) mass is 244 g/mol. The predicted octanol–water partition coefficient (Wildman–Crippen LogP) is 3.00. The average molecular weight is 244 g/mol. The van der Waals surface area contributed by atoms with Crippen LogP contribution in [0.1, 0.15) is 36.8 Å². The highest BCUT2D eigenvalue weighted by atomic mass is 16.5. The van der Waals surface area contributed by atoms with Crippen molar-refractivity contribution in [3.8, 4) is 0 Å². The molecule has 0 unspecified atom stereocenters. The molecule has 0 amide bonds. The molecule has 0 radical (unpaired) electrons. The number of rotatable bonds is 1. The highest BCUT2D eigenvalue weighted by Gasteiger charge is 2.41. The molecule has 0 aromatic heterocycles. The summed E-state index contributed by atoms with van der Waals surface area (Å²) in [6, 6.07) is 8.36. The summed E-state index contributed by atoms with van der Waals surface area (Å²) in [5.74, 6) is -0.839. The van der Waals surface area contributed by atoms with Gasteiger partial charge in [-0.25, -0.2) is 4.79 Å². The van der Waals surface area contributed by atoms with Gasteiger partial charge in [-0.2, -0.15) is 0 Å². The second-order valence-corrected chi connectivity index (χ2v) is 5.08. The van der Waals surface area contributed by atoms with Crippen LogP contribution in [0.4, 0.5) is 0 Å². The fraction of sp³-hybridized carbons (Fsp3) is 0.400. The Morgan fingerprint density at radius 2 is 2.00 bits per heavy atom. The lowest BCUT2D eigenvalue weighted by Gasteiger charge is -2.34. The zero-order chi connectivity index (χ0) is 12.6. The van der Waals surface area contributed by atoms with E-state index in [4.69, 9.17) is 9.84 Å². The van der Waals surface area contributed by atoms with E-state index >= 15 is 0 Å². The first-order valence-corrected chi connectivity index (χ1v) is 6.34. The van der Waals surface area contributed by atoms with Crippen LogP contribution in [0, 0.1) is 0 Å². The minimum atomic E-state index is -0.839. The average Bonchev–Trinajstić information content (AvgIpc) is 2.72. The molecule has 3 nitrogen and oxygen atoms in total. The van der Waals surface area contributed by atoms with Gasteiger partial charge in [-0.1, -0.05) is 29.8 Å². The summed E-state index contributed by atoms with van der Waals surface area (Å²) < 4.78 is 6.03. The van der Waals surface area contributed by atoms with Gasteiger partial charge in [0.2, 0.25) is 0 Å². The Bertz CT molecular complexity index is 506. The van der Waals surface area contributed by atoms with Crippen molar-refractivity contribution < 1.29 is 14.6 Å². The minimum Gasteiger partial charge on any atom is -0.478 e. The van der Waals surface area contributed by atoms with Crippen LogP contribution in [0.2, 0.25) is 0 Å². The smallest absolute Gasteiger partial charge is 0.328 e. The van der Waals surface area contributed by atoms with Gasteiger partial charge in [-0.3, -0.25) is 0 Å². The number of carboxylic acid groups (broad SMARTS) is 1. The van der Waals surface area contributed by atoms with Crippen LogP contribution in [0.3, 0.4) is 0 Å². The van der Waals surface area contributed by atoms with Crippen molar-refractivity contribution in [2.45, 2.75) is 37.9 Å². The summed E-state index contributed by atoms with van der Waals surface area (Å²) in [6.45, 7) is 0.689. The maximum atomic E-state index is 10.7. The maximum Gasteiger partial charge on any atom is 0.328 e. The van der Waals surface area contributed by atoms with Gasteiger partial charge in [-0.05, 0) is 36.8 Å². The van der Waals surface area contributed by atoms with Gasteiger partial charge < -0.3 is 9.84 Å². The lowest BCUT2D eigenvalue weighted by Crippen LogP contribution is -2.29. The van der Waals surface area contributed by atoms with Crippen LogP contribution in [0.25, 0.3) is 0 Å². The van der Waals surface area contributed by atoms with E-state index in [0.717, 1.165) is 31.3 Å². The predicted molar refractivity (Wildman–Crippen MR) is 67.1 cm³/mol. The zero-order valence-electron chi connectivity index (χ0n) is 10.2. The van der Waals surface area contributed by atoms with E-state index in [-0.39, 0.29) is 5.60 Å². The highest BCUT2D eigenvalue weighted by Crippen LogP contribution is 2.47. The number of aliphatic carboxylic acids is 1. The molecule has 3 heteroatoms. The molecule has 1 aliphatic carbocycles. The van der Waals surface area contributed by atoms with Crippen LogP contribution in [0.5, 0.6) is 0 Å². The van der Waals surface area contributed by atoms with Crippen LogP contribution in [-0.4, -0.2) is 11.1 Å². The quantitative estimate of drug-likeness (QED) is 0.772. The molecule has 1 N–H and O–H groups in total. The topological polar surface area (TPSA) is 46.5 Å². The van der Waals surface area contributed by atoms with Crippen LogP contribution in [0.15, 0.2) is 35.9 Å². The van der Waals surface area contributed by atoms with Crippen molar-refractivity contribution in [2.24, 2.45) is 0 Å². The first-order valence-electron chi connectivity index (χ1n) is 6.34. The molecule has 1 heterocycles. The molecule has 0 bridgehead atoms. The third-order valence-corrected chi connectivity index (χ3v) is 4.04. The van der Waals surface area contributed by atoms with Crippen molar-refractivity contribution in [3.05, 3.63) is 47.0 Å². The maximum absolute atomic E-state index is 10.7. The summed E-state index contributed by atoms with van der Waals surface area (Å²) >= 11 is 0. The number of fused-ring (bicyclic) bond motifs is 2. The van der Waals surface area contributed by atoms with E-state index in [0.29, 0.717) is 6.61 Å². The number of benzene rings is 1. The Morgan fingerprint density at radius 3 is 2.72 bits per heavy atom. The van der Waals surface area contributed by atoms with E-state index in [1.165, 1.54) is 17.2 Å². The number of hydrogen-bond donors (Lipinski definition) is 1. The van der Waals surface area contributed by atoms with E-state index in [9.17, 15) is 4.79 Å².